The Balaban J connectivity index is 2.28. The Morgan fingerprint density at radius 1 is 1.47 bits per heavy atom. The standard InChI is InChI=1S/C11H14O3S/c1-14-11(13)7-9(12)8-15-10-5-3-2-4-6-10/h2-6,9,12H,7-8H2,1H3. The summed E-state index contributed by atoms with van der Waals surface area (Å²) < 4.78 is 4.46. The summed E-state index contributed by atoms with van der Waals surface area (Å²) in [5, 5.41) is 9.49. The van der Waals surface area contributed by atoms with Gasteiger partial charge in [-0.15, -0.1) is 11.8 Å². The van der Waals surface area contributed by atoms with Gasteiger partial charge in [0.05, 0.1) is 19.6 Å². The highest BCUT2D eigenvalue weighted by molar-refractivity contribution is 7.99. The minimum atomic E-state index is -0.650. The number of ether oxygens (including phenoxy) is 1. The number of carbonyl (C=O) groups excluding carboxylic acids is 1. The van der Waals surface area contributed by atoms with Crippen molar-refractivity contribution in [3.63, 3.8) is 0 Å². The van der Waals surface area contributed by atoms with Crippen molar-refractivity contribution in [1.29, 1.82) is 0 Å². The van der Waals surface area contributed by atoms with Crippen molar-refractivity contribution in [3.05, 3.63) is 30.3 Å². The summed E-state index contributed by atoms with van der Waals surface area (Å²) in [6.07, 6.45) is -0.598. The Kier molecular flexibility index (Phi) is 5.21. The van der Waals surface area contributed by atoms with Crippen LogP contribution < -0.4 is 0 Å². The third-order valence-electron chi connectivity index (χ3n) is 1.82. The van der Waals surface area contributed by atoms with E-state index in [2.05, 4.69) is 4.74 Å². The van der Waals surface area contributed by atoms with Gasteiger partial charge in [-0.2, -0.15) is 0 Å². The second kappa shape index (κ2) is 6.48. The second-order valence-corrected chi connectivity index (χ2v) is 4.15. The highest BCUT2D eigenvalue weighted by Crippen LogP contribution is 2.18. The zero-order valence-corrected chi connectivity index (χ0v) is 9.37. The number of thioether (sulfide) groups is 1. The molecule has 1 atom stereocenters. The maximum Gasteiger partial charge on any atom is 0.308 e. The molecule has 3 nitrogen and oxygen atoms in total. The van der Waals surface area contributed by atoms with Gasteiger partial charge in [0.25, 0.3) is 0 Å². The molecule has 4 heteroatoms. The second-order valence-electron chi connectivity index (χ2n) is 3.06. The molecule has 1 rings (SSSR count). The number of rotatable bonds is 5. The number of methoxy groups -OCH3 is 1. The molecule has 1 aromatic carbocycles. The molecule has 82 valence electrons. The zero-order valence-electron chi connectivity index (χ0n) is 8.55. The van der Waals surface area contributed by atoms with Gasteiger partial charge in [0.2, 0.25) is 0 Å². The average molecular weight is 226 g/mol. The Morgan fingerprint density at radius 3 is 2.73 bits per heavy atom. The van der Waals surface area contributed by atoms with Gasteiger partial charge in [0, 0.05) is 10.6 Å². The first kappa shape index (κ1) is 12.1. The SMILES string of the molecule is COC(=O)CC(O)CSc1ccccc1. The maximum atomic E-state index is 10.8. The van der Waals surface area contributed by atoms with E-state index in [0.717, 1.165) is 4.90 Å². The fraction of sp³-hybridized carbons (Fsp3) is 0.364. The van der Waals surface area contributed by atoms with E-state index < -0.39 is 6.10 Å². The minimum Gasteiger partial charge on any atom is -0.469 e. The molecule has 1 aromatic rings. The van der Waals surface area contributed by atoms with Crippen LogP contribution in [0, 0.1) is 0 Å². The minimum absolute atomic E-state index is 0.0519. The molecule has 0 aromatic heterocycles. The van der Waals surface area contributed by atoms with E-state index in [-0.39, 0.29) is 12.4 Å². The summed E-state index contributed by atoms with van der Waals surface area (Å²) in [5.41, 5.74) is 0. The van der Waals surface area contributed by atoms with E-state index in [1.165, 1.54) is 18.9 Å². The first-order chi connectivity index (χ1) is 7.22. The average Bonchev–Trinajstić information content (AvgIpc) is 2.27. The van der Waals surface area contributed by atoms with Crippen molar-refractivity contribution in [1.82, 2.24) is 0 Å². The summed E-state index contributed by atoms with van der Waals surface area (Å²) in [5.74, 6) is 0.121. The van der Waals surface area contributed by atoms with Crippen LogP contribution in [0.25, 0.3) is 0 Å². The first-order valence-corrected chi connectivity index (χ1v) is 5.63. The molecule has 0 radical (unpaired) electrons. The number of esters is 1. The molecule has 0 saturated heterocycles. The maximum absolute atomic E-state index is 10.8. The van der Waals surface area contributed by atoms with Gasteiger partial charge in [-0.3, -0.25) is 4.79 Å². The molecule has 0 spiro atoms. The molecule has 0 heterocycles. The van der Waals surface area contributed by atoms with Gasteiger partial charge in [0.1, 0.15) is 0 Å². The summed E-state index contributed by atoms with van der Waals surface area (Å²) >= 11 is 1.52. The molecule has 1 N–H and O–H groups in total. The quantitative estimate of drug-likeness (QED) is 0.613. The van der Waals surface area contributed by atoms with Crippen LogP contribution in [0.3, 0.4) is 0 Å². The van der Waals surface area contributed by atoms with Crippen LogP contribution in [0.4, 0.5) is 0 Å². The van der Waals surface area contributed by atoms with Crippen molar-refractivity contribution in [2.75, 3.05) is 12.9 Å². The lowest BCUT2D eigenvalue weighted by molar-refractivity contribution is -0.142. The van der Waals surface area contributed by atoms with E-state index >= 15 is 0 Å². The first-order valence-electron chi connectivity index (χ1n) is 4.65. The third kappa shape index (κ3) is 4.85. The van der Waals surface area contributed by atoms with Crippen LogP contribution in [-0.2, 0) is 9.53 Å². The molecule has 0 aliphatic heterocycles. The number of hydrogen-bond donors (Lipinski definition) is 1. The van der Waals surface area contributed by atoms with Crippen LogP contribution in [0.2, 0.25) is 0 Å². The van der Waals surface area contributed by atoms with Crippen molar-refractivity contribution < 1.29 is 14.6 Å². The number of carbonyl (C=O) groups is 1. The number of hydrogen-bond acceptors (Lipinski definition) is 4. The lowest BCUT2D eigenvalue weighted by Gasteiger charge is -2.08. The van der Waals surface area contributed by atoms with Gasteiger partial charge in [-0.05, 0) is 12.1 Å². The van der Waals surface area contributed by atoms with E-state index in [1.807, 2.05) is 30.3 Å². The fourth-order valence-corrected chi connectivity index (χ4v) is 1.90. The van der Waals surface area contributed by atoms with Crippen molar-refractivity contribution in [2.24, 2.45) is 0 Å². The van der Waals surface area contributed by atoms with Gasteiger partial charge in [-0.1, -0.05) is 18.2 Å². The van der Waals surface area contributed by atoms with Crippen LogP contribution >= 0.6 is 11.8 Å². The summed E-state index contributed by atoms with van der Waals surface area (Å²) in [6, 6.07) is 9.75. The van der Waals surface area contributed by atoms with Crippen molar-refractivity contribution in [3.8, 4) is 0 Å². The lowest BCUT2D eigenvalue weighted by Crippen LogP contribution is -2.16. The van der Waals surface area contributed by atoms with E-state index in [0.29, 0.717) is 5.75 Å². The molecular weight excluding hydrogens is 212 g/mol. The zero-order chi connectivity index (χ0) is 11.1. The smallest absolute Gasteiger partial charge is 0.308 e. The van der Waals surface area contributed by atoms with Gasteiger partial charge < -0.3 is 9.84 Å². The van der Waals surface area contributed by atoms with Crippen LogP contribution in [-0.4, -0.2) is 30.0 Å². The van der Waals surface area contributed by atoms with E-state index in [4.69, 9.17) is 0 Å². The van der Waals surface area contributed by atoms with E-state index in [1.54, 1.807) is 0 Å². The molecule has 1 unspecified atom stereocenters. The Hall–Kier alpha value is -1.00. The van der Waals surface area contributed by atoms with Gasteiger partial charge in [-0.25, -0.2) is 0 Å². The van der Waals surface area contributed by atoms with Crippen molar-refractivity contribution >= 4 is 17.7 Å². The molecular formula is C11H14O3S. The Labute approximate surface area is 93.4 Å². The molecule has 0 aliphatic rings. The van der Waals surface area contributed by atoms with Gasteiger partial charge >= 0.3 is 5.97 Å². The Morgan fingerprint density at radius 2 is 2.13 bits per heavy atom. The number of benzene rings is 1. The summed E-state index contributed by atoms with van der Waals surface area (Å²) in [6.45, 7) is 0. The predicted molar refractivity (Wildman–Crippen MR) is 59.8 cm³/mol. The van der Waals surface area contributed by atoms with Crippen molar-refractivity contribution in [2.45, 2.75) is 17.4 Å². The monoisotopic (exact) mass is 226 g/mol. The number of aliphatic hydroxyl groups excluding tert-OH is 1. The summed E-state index contributed by atoms with van der Waals surface area (Å²) in [4.78, 5) is 11.9. The molecule has 0 saturated carbocycles. The topological polar surface area (TPSA) is 46.5 Å². The van der Waals surface area contributed by atoms with Crippen LogP contribution in [0.5, 0.6) is 0 Å². The molecule has 0 fully saturated rings. The highest BCUT2D eigenvalue weighted by Gasteiger charge is 2.10. The van der Waals surface area contributed by atoms with Crippen LogP contribution in [0.1, 0.15) is 6.42 Å². The van der Waals surface area contributed by atoms with Gasteiger partial charge in [0.15, 0.2) is 0 Å². The normalized spacial score (nSPS) is 12.1. The Bertz CT molecular complexity index is 300. The van der Waals surface area contributed by atoms with Crippen LogP contribution in [0.15, 0.2) is 35.2 Å². The summed E-state index contributed by atoms with van der Waals surface area (Å²) in [7, 11) is 1.32. The highest BCUT2D eigenvalue weighted by atomic mass is 32.2. The third-order valence-corrected chi connectivity index (χ3v) is 2.97. The lowest BCUT2D eigenvalue weighted by atomic mass is 10.3. The fourth-order valence-electron chi connectivity index (χ4n) is 1.04. The molecule has 15 heavy (non-hydrogen) atoms. The molecule has 0 bridgehead atoms. The molecule has 0 aliphatic carbocycles. The molecule has 0 amide bonds. The predicted octanol–water partition coefficient (Wildman–Crippen LogP) is 1.70. The van der Waals surface area contributed by atoms with E-state index in [9.17, 15) is 9.90 Å². The largest absolute Gasteiger partial charge is 0.469 e. The number of aliphatic hydroxyl groups is 1.